The van der Waals surface area contributed by atoms with Gasteiger partial charge in [0.15, 0.2) is 0 Å². The van der Waals surface area contributed by atoms with Crippen molar-refractivity contribution in [2.75, 3.05) is 82.4 Å². The topological polar surface area (TPSA) is 68.3 Å². The maximum Gasteiger partial charge on any atom is 0.318 e. The first-order valence-electron chi connectivity index (χ1n) is 16.6. The SMILES string of the molecule is CN1CCC[C@H]1COc1nc2c(c(N3CCN(C(=O)/C=C/CN4CCC(F)C4)CC3)n1)CCN(c1cccc3cccc(Cl)c13)C2. The molecule has 0 radical (unpaired) electrons. The number of likely N-dealkylation sites (N-methyl/N-ethyl adjacent to an activating group) is 1. The Kier molecular flexibility index (Phi) is 9.29. The van der Waals surface area contributed by atoms with Crippen LogP contribution < -0.4 is 14.5 Å². The second-order valence-corrected chi connectivity index (χ2v) is 13.4. The Morgan fingerprint density at radius 1 is 1.02 bits per heavy atom. The number of halogens is 2. The molecule has 1 unspecified atom stereocenters. The van der Waals surface area contributed by atoms with Gasteiger partial charge in [-0.2, -0.15) is 9.97 Å². The minimum absolute atomic E-state index is 0.00876. The van der Waals surface area contributed by atoms with Crippen molar-refractivity contribution in [1.29, 1.82) is 0 Å². The summed E-state index contributed by atoms with van der Waals surface area (Å²) in [7, 11) is 2.15. The molecular weight excluding hydrogens is 605 g/mol. The lowest BCUT2D eigenvalue weighted by molar-refractivity contribution is -0.126. The highest BCUT2D eigenvalue weighted by Crippen LogP contribution is 2.37. The van der Waals surface area contributed by atoms with Crippen molar-refractivity contribution in [1.82, 2.24) is 24.7 Å². The van der Waals surface area contributed by atoms with Gasteiger partial charge in [0.1, 0.15) is 18.6 Å². The van der Waals surface area contributed by atoms with Crippen LogP contribution >= 0.6 is 11.6 Å². The number of likely N-dealkylation sites (tertiary alicyclic amines) is 2. The van der Waals surface area contributed by atoms with E-state index in [0.717, 1.165) is 71.0 Å². The molecule has 4 aliphatic rings. The summed E-state index contributed by atoms with van der Waals surface area (Å²) in [5.41, 5.74) is 3.25. The van der Waals surface area contributed by atoms with E-state index in [0.29, 0.717) is 70.9 Å². The van der Waals surface area contributed by atoms with Crippen LogP contribution in [-0.2, 0) is 17.8 Å². The highest BCUT2D eigenvalue weighted by atomic mass is 35.5. The van der Waals surface area contributed by atoms with E-state index in [9.17, 15) is 9.18 Å². The number of hydrogen-bond donors (Lipinski definition) is 0. The third kappa shape index (κ3) is 6.66. The van der Waals surface area contributed by atoms with Crippen molar-refractivity contribution in [2.45, 2.75) is 44.4 Å². The molecule has 0 saturated carbocycles. The molecule has 0 spiro atoms. The van der Waals surface area contributed by atoms with Gasteiger partial charge in [-0.15, -0.1) is 0 Å². The molecule has 9 nitrogen and oxygen atoms in total. The number of carbonyl (C=O) groups is 1. The third-order valence-corrected chi connectivity index (χ3v) is 10.3. The lowest BCUT2D eigenvalue weighted by atomic mass is 10.0. The molecular formula is C35H43ClFN7O2. The summed E-state index contributed by atoms with van der Waals surface area (Å²) in [5, 5.41) is 2.93. The lowest BCUT2D eigenvalue weighted by Gasteiger charge is -2.38. The maximum atomic E-state index is 13.5. The Morgan fingerprint density at radius 3 is 2.61 bits per heavy atom. The molecule has 1 aromatic heterocycles. The van der Waals surface area contributed by atoms with Crippen molar-refractivity contribution < 1.29 is 13.9 Å². The van der Waals surface area contributed by atoms with Crippen LogP contribution in [0.25, 0.3) is 10.8 Å². The summed E-state index contributed by atoms with van der Waals surface area (Å²) in [6.45, 7) is 7.52. The fourth-order valence-electron chi connectivity index (χ4n) is 7.32. The standard InChI is InChI=1S/C35H43ClFN7O2/c1-40-14-4-8-27(40)24-46-35-38-30-23-44(31-10-3-7-25-6-2-9-29(36)33(25)31)17-13-28(30)34(39-35)43-20-18-42(19-21-43)32(45)11-5-15-41-16-12-26(37)22-41/h2-3,5-7,9-11,26-27H,4,8,12-24H2,1H3/b11-5+/t26?,27-/m0/s1. The molecule has 5 heterocycles. The lowest BCUT2D eigenvalue weighted by Crippen LogP contribution is -2.49. The Balaban J connectivity index is 1.09. The van der Waals surface area contributed by atoms with Gasteiger partial charge >= 0.3 is 6.01 Å². The molecule has 1 amide bonds. The molecule has 0 N–H and O–H groups in total. The van der Waals surface area contributed by atoms with Gasteiger partial charge in [-0.05, 0) is 56.8 Å². The van der Waals surface area contributed by atoms with E-state index >= 15 is 0 Å². The van der Waals surface area contributed by atoms with E-state index in [1.54, 1.807) is 6.08 Å². The summed E-state index contributed by atoms with van der Waals surface area (Å²) in [6.07, 6.45) is 6.44. The van der Waals surface area contributed by atoms with Crippen LogP contribution in [0.15, 0.2) is 48.6 Å². The van der Waals surface area contributed by atoms with Gasteiger partial charge in [-0.1, -0.05) is 41.9 Å². The van der Waals surface area contributed by atoms with Crippen LogP contribution in [-0.4, -0.2) is 115 Å². The zero-order valence-electron chi connectivity index (χ0n) is 26.6. The van der Waals surface area contributed by atoms with Crippen molar-refractivity contribution in [3.05, 3.63) is 64.8 Å². The van der Waals surface area contributed by atoms with Crippen LogP contribution in [0, 0.1) is 0 Å². The minimum Gasteiger partial charge on any atom is -0.462 e. The molecule has 7 rings (SSSR count). The molecule has 2 atom stereocenters. The number of anilines is 2. The highest BCUT2D eigenvalue weighted by molar-refractivity contribution is 6.36. The molecule has 3 aromatic rings. The number of benzene rings is 2. The first kappa shape index (κ1) is 31.1. The van der Waals surface area contributed by atoms with Gasteiger partial charge in [0.25, 0.3) is 0 Å². The molecule has 46 heavy (non-hydrogen) atoms. The number of nitrogens with zero attached hydrogens (tertiary/aromatic N) is 7. The Labute approximate surface area is 275 Å². The number of amides is 1. The smallest absolute Gasteiger partial charge is 0.318 e. The second-order valence-electron chi connectivity index (χ2n) is 13.0. The van der Waals surface area contributed by atoms with Crippen molar-refractivity contribution >= 4 is 39.8 Å². The summed E-state index contributed by atoms with van der Waals surface area (Å²) in [6, 6.07) is 13.2. The number of piperazine rings is 1. The number of fused-ring (bicyclic) bond motifs is 2. The molecule has 244 valence electrons. The summed E-state index contributed by atoms with van der Waals surface area (Å²) in [4.78, 5) is 33.9. The first-order chi connectivity index (χ1) is 22.4. The Bertz CT molecular complexity index is 1590. The fourth-order valence-corrected chi connectivity index (χ4v) is 7.60. The quantitative estimate of drug-likeness (QED) is 0.330. The molecule has 3 saturated heterocycles. The molecule has 0 aliphatic carbocycles. The van der Waals surface area contributed by atoms with E-state index in [4.69, 9.17) is 26.3 Å². The zero-order chi connectivity index (χ0) is 31.6. The van der Waals surface area contributed by atoms with Crippen LogP contribution in [0.5, 0.6) is 6.01 Å². The van der Waals surface area contributed by atoms with E-state index in [1.165, 1.54) is 6.42 Å². The number of ether oxygens (including phenoxy) is 1. The van der Waals surface area contributed by atoms with Gasteiger partial charge < -0.3 is 24.3 Å². The van der Waals surface area contributed by atoms with Crippen LogP contribution in [0.1, 0.15) is 30.5 Å². The van der Waals surface area contributed by atoms with E-state index < -0.39 is 6.17 Å². The van der Waals surface area contributed by atoms with E-state index in [2.05, 4.69) is 46.0 Å². The molecule has 0 bridgehead atoms. The van der Waals surface area contributed by atoms with Crippen LogP contribution in [0.3, 0.4) is 0 Å². The summed E-state index contributed by atoms with van der Waals surface area (Å²) >= 11 is 6.71. The predicted molar refractivity (Wildman–Crippen MR) is 181 cm³/mol. The number of aromatic nitrogens is 2. The minimum atomic E-state index is -0.750. The average Bonchev–Trinajstić information content (AvgIpc) is 3.69. The van der Waals surface area contributed by atoms with Crippen molar-refractivity contribution in [3.8, 4) is 6.01 Å². The largest absolute Gasteiger partial charge is 0.462 e. The Hall–Kier alpha value is -3.47. The number of hydrogen-bond acceptors (Lipinski definition) is 8. The summed E-state index contributed by atoms with van der Waals surface area (Å²) in [5.74, 6) is 0.933. The summed E-state index contributed by atoms with van der Waals surface area (Å²) < 4.78 is 19.8. The van der Waals surface area contributed by atoms with Crippen LogP contribution in [0.2, 0.25) is 5.02 Å². The molecule has 2 aromatic carbocycles. The first-order valence-corrected chi connectivity index (χ1v) is 17.0. The van der Waals surface area contributed by atoms with Crippen molar-refractivity contribution in [3.63, 3.8) is 0 Å². The van der Waals surface area contributed by atoms with Gasteiger partial charge in [-0.25, -0.2) is 4.39 Å². The zero-order valence-corrected chi connectivity index (χ0v) is 27.3. The van der Waals surface area contributed by atoms with E-state index in [-0.39, 0.29) is 5.91 Å². The van der Waals surface area contributed by atoms with Crippen LogP contribution in [0.4, 0.5) is 15.9 Å². The predicted octanol–water partition coefficient (Wildman–Crippen LogP) is 4.57. The van der Waals surface area contributed by atoms with Gasteiger partial charge in [0.2, 0.25) is 5.91 Å². The molecule has 11 heteroatoms. The highest BCUT2D eigenvalue weighted by Gasteiger charge is 2.30. The van der Waals surface area contributed by atoms with Gasteiger partial charge in [-0.3, -0.25) is 9.69 Å². The number of rotatable bonds is 8. The maximum absolute atomic E-state index is 13.5. The van der Waals surface area contributed by atoms with E-state index in [1.807, 2.05) is 28.0 Å². The normalized spacial score (nSPS) is 22.7. The Morgan fingerprint density at radius 2 is 1.85 bits per heavy atom. The fraction of sp³-hybridized carbons (Fsp3) is 0.514. The monoisotopic (exact) mass is 647 g/mol. The van der Waals surface area contributed by atoms with Crippen molar-refractivity contribution in [2.24, 2.45) is 0 Å². The number of alkyl halides is 1. The second kappa shape index (κ2) is 13.7. The number of carbonyl (C=O) groups excluding carboxylic acids is 1. The molecule has 3 fully saturated rings. The van der Waals surface area contributed by atoms with Gasteiger partial charge in [0.05, 0.1) is 17.3 Å². The molecule has 4 aliphatic heterocycles. The third-order valence-electron chi connectivity index (χ3n) is 10.0. The average molecular weight is 648 g/mol. The van der Waals surface area contributed by atoms with Gasteiger partial charge in [0, 0.05) is 81.1 Å².